The highest BCUT2D eigenvalue weighted by atomic mass is 19.1. The summed E-state index contributed by atoms with van der Waals surface area (Å²) in [6.45, 7) is 2.82. The van der Waals surface area contributed by atoms with Crippen molar-refractivity contribution in [3.05, 3.63) is 89.8 Å². The molecule has 0 bridgehead atoms. The number of pyridine rings is 1. The van der Waals surface area contributed by atoms with E-state index in [9.17, 15) is 8.78 Å². The first kappa shape index (κ1) is 17.8. The molecule has 1 aromatic heterocycles. The van der Waals surface area contributed by atoms with E-state index in [0.29, 0.717) is 5.92 Å². The molecule has 4 rings (SSSR count). The summed E-state index contributed by atoms with van der Waals surface area (Å²) in [4.78, 5) is 6.92. The molecule has 138 valence electrons. The van der Waals surface area contributed by atoms with Crippen molar-refractivity contribution in [2.45, 2.75) is 25.3 Å². The fourth-order valence-electron chi connectivity index (χ4n) is 3.78. The minimum absolute atomic E-state index is 0.178. The van der Waals surface area contributed by atoms with Gasteiger partial charge in [-0.1, -0.05) is 24.3 Å². The molecule has 0 aliphatic carbocycles. The summed E-state index contributed by atoms with van der Waals surface area (Å²) in [6, 6.07) is 17.5. The summed E-state index contributed by atoms with van der Waals surface area (Å²) in [5.74, 6) is 0.0979. The topological polar surface area (TPSA) is 16.1 Å². The Bertz CT molecular complexity index is 883. The van der Waals surface area contributed by atoms with E-state index in [1.54, 1.807) is 24.3 Å². The summed E-state index contributed by atoms with van der Waals surface area (Å²) in [5.41, 5.74) is 4.31. The zero-order valence-corrected chi connectivity index (χ0v) is 15.1. The fraction of sp³-hybridized carbons (Fsp3) is 0.261. The molecule has 1 fully saturated rings. The van der Waals surface area contributed by atoms with Crippen LogP contribution in [-0.4, -0.2) is 23.0 Å². The maximum atomic E-state index is 13.1. The van der Waals surface area contributed by atoms with Crippen molar-refractivity contribution in [2.24, 2.45) is 0 Å². The van der Waals surface area contributed by atoms with Crippen molar-refractivity contribution in [2.75, 3.05) is 13.1 Å². The highest BCUT2D eigenvalue weighted by Crippen LogP contribution is 2.29. The first-order valence-electron chi connectivity index (χ1n) is 9.36. The Kier molecular flexibility index (Phi) is 5.26. The molecule has 0 amide bonds. The van der Waals surface area contributed by atoms with Crippen LogP contribution in [0.1, 0.15) is 30.0 Å². The van der Waals surface area contributed by atoms with Crippen LogP contribution >= 0.6 is 0 Å². The van der Waals surface area contributed by atoms with Gasteiger partial charge in [-0.05, 0) is 84.9 Å². The lowest BCUT2D eigenvalue weighted by Crippen LogP contribution is -2.32. The predicted molar refractivity (Wildman–Crippen MR) is 103 cm³/mol. The average Bonchev–Trinajstić information content (AvgIpc) is 2.70. The molecule has 0 N–H and O–H groups in total. The zero-order chi connectivity index (χ0) is 18.6. The lowest BCUT2D eigenvalue weighted by Gasteiger charge is -2.32. The number of benzene rings is 2. The number of nitrogens with zero attached hydrogens (tertiary/aromatic N) is 2. The minimum Gasteiger partial charge on any atom is -0.297 e. The highest BCUT2D eigenvalue weighted by molar-refractivity contribution is 5.63. The Balaban J connectivity index is 1.38. The Hall–Kier alpha value is -2.59. The smallest absolute Gasteiger partial charge is 0.123 e. The Morgan fingerprint density at radius 3 is 2.11 bits per heavy atom. The zero-order valence-electron chi connectivity index (χ0n) is 15.1. The normalized spacial score (nSPS) is 15.8. The lowest BCUT2D eigenvalue weighted by atomic mass is 9.89. The molecule has 1 aliphatic heterocycles. The van der Waals surface area contributed by atoms with Gasteiger partial charge >= 0.3 is 0 Å². The number of hydrogen-bond donors (Lipinski definition) is 0. The molecule has 0 spiro atoms. The quantitative estimate of drug-likeness (QED) is 0.616. The minimum atomic E-state index is -0.225. The number of hydrogen-bond acceptors (Lipinski definition) is 2. The largest absolute Gasteiger partial charge is 0.297 e. The SMILES string of the molecule is Fc1ccc(-c2ccnc(CN3CCC(c4ccc(F)cc4)CC3)c2)cc1. The van der Waals surface area contributed by atoms with Gasteiger partial charge in [0.2, 0.25) is 0 Å². The summed E-state index contributed by atoms with van der Waals surface area (Å²) in [6.07, 6.45) is 3.96. The van der Waals surface area contributed by atoms with Gasteiger partial charge in [-0.2, -0.15) is 0 Å². The summed E-state index contributed by atoms with van der Waals surface area (Å²) in [5, 5.41) is 0. The van der Waals surface area contributed by atoms with Gasteiger partial charge in [-0.15, -0.1) is 0 Å². The molecule has 0 saturated carbocycles. The molecular formula is C23H22F2N2. The molecular weight excluding hydrogens is 342 g/mol. The van der Waals surface area contributed by atoms with Gasteiger partial charge in [0.05, 0.1) is 5.69 Å². The van der Waals surface area contributed by atoms with Crippen LogP contribution < -0.4 is 0 Å². The fourth-order valence-corrected chi connectivity index (χ4v) is 3.78. The second-order valence-electron chi connectivity index (χ2n) is 7.14. The number of rotatable bonds is 4. The molecule has 0 atom stereocenters. The first-order chi connectivity index (χ1) is 13.2. The number of aromatic nitrogens is 1. The maximum Gasteiger partial charge on any atom is 0.123 e. The highest BCUT2D eigenvalue weighted by Gasteiger charge is 2.21. The van der Waals surface area contributed by atoms with Crippen molar-refractivity contribution in [3.63, 3.8) is 0 Å². The van der Waals surface area contributed by atoms with Gasteiger partial charge in [-0.25, -0.2) is 8.78 Å². The van der Waals surface area contributed by atoms with E-state index in [1.807, 2.05) is 24.4 Å². The number of piperidine rings is 1. The molecule has 27 heavy (non-hydrogen) atoms. The third kappa shape index (κ3) is 4.40. The van der Waals surface area contributed by atoms with E-state index in [0.717, 1.165) is 49.3 Å². The number of halogens is 2. The summed E-state index contributed by atoms with van der Waals surface area (Å²) < 4.78 is 26.2. The van der Waals surface area contributed by atoms with Crippen molar-refractivity contribution < 1.29 is 8.78 Å². The third-order valence-corrected chi connectivity index (χ3v) is 5.31. The predicted octanol–water partition coefficient (Wildman–Crippen LogP) is 5.41. The van der Waals surface area contributed by atoms with Crippen molar-refractivity contribution in [1.29, 1.82) is 0 Å². The van der Waals surface area contributed by atoms with Crippen molar-refractivity contribution in [3.8, 4) is 11.1 Å². The Morgan fingerprint density at radius 2 is 1.44 bits per heavy atom. The molecule has 4 heteroatoms. The van der Waals surface area contributed by atoms with E-state index in [-0.39, 0.29) is 11.6 Å². The van der Waals surface area contributed by atoms with Crippen molar-refractivity contribution >= 4 is 0 Å². The Labute approximate surface area is 158 Å². The van der Waals surface area contributed by atoms with Gasteiger partial charge in [0.15, 0.2) is 0 Å². The lowest BCUT2D eigenvalue weighted by molar-refractivity contribution is 0.202. The average molecular weight is 364 g/mol. The standard InChI is InChI=1S/C23H22F2N2/c24-21-5-1-17(2-6-21)19-10-13-27(14-11-19)16-23-15-20(9-12-26-23)18-3-7-22(25)8-4-18/h1-9,12,15,19H,10-11,13-14,16H2. The molecule has 0 radical (unpaired) electrons. The van der Waals surface area contributed by atoms with Gasteiger partial charge in [0.25, 0.3) is 0 Å². The van der Waals surface area contributed by atoms with Crippen LogP contribution in [0.2, 0.25) is 0 Å². The van der Waals surface area contributed by atoms with Crippen LogP contribution in [-0.2, 0) is 6.54 Å². The van der Waals surface area contributed by atoms with Crippen LogP contribution in [0.25, 0.3) is 11.1 Å². The molecule has 1 saturated heterocycles. The third-order valence-electron chi connectivity index (χ3n) is 5.31. The summed E-state index contributed by atoms with van der Waals surface area (Å²) >= 11 is 0. The van der Waals surface area contributed by atoms with Crippen LogP contribution in [0.3, 0.4) is 0 Å². The maximum absolute atomic E-state index is 13.1. The van der Waals surface area contributed by atoms with Gasteiger partial charge in [0.1, 0.15) is 11.6 Å². The molecule has 2 heterocycles. The van der Waals surface area contributed by atoms with E-state index < -0.39 is 0 Å². The molecule has 1 aliphatic rings. The van der Waals surface area contributed by atoms with E-state index in [4.69, 9.17) is 0 Å². The van der Waals surface area contributed by atoms with Crippen molar-refractivity contribution in [1.82, 2.24) is 9.88 Å². The van der Waals surface area contributed by atoms with E-state index >= 15 is 0 Å². The summed E-state index contributed by atoms with van der Waals surface area (Å²) in [7, 11) is 0. The monoisotopic (exact) mass is 364 g/mol. The van der Waals surface area contributed by atoms with Crippen LogP contribution in [0.15, 0.2) is 66.9 Å². The van der Waals surface area contributed by atoms with Crippen LogP contribution in [0.4, 0.5) is 8.78 Å². The second-order valence-corrected chi connectivity index (χ2v) is 7.14. The molecule has 0 unspecified atom stereocenters. The molecule has 2 nitrogen and oxygen atoms in total. The van der Waals surface area contributed by atoms with Gasteiger partial charge in [0, 0.05) is 12.7 Å². The second kappa shape index (κ2) is 7.97. The van der Waals surface area contributed by atoms with Gasteiger partial charge in [-0.3, -0.25) is 9.88 Å². The van der Waals surface area contributed by atoms with Gasteiger partial charge < -0.3 is 0 Å². The molecule has 2 aromatic carbocycles. The van der Waals surface area contributed by atoms with E-state index in [2.05, 4.69) is 16.0 Å². The molecule has 3 aromatic rings. The van der Waals surface area contributed by atoms with Crippen LogP contribution in [0.5, 0.6) is 0 Å². The first-order valence-corrected chi connectivity index (χ1v) is 9.36. The van der Waals surface area contributed by atoms with E-state index in [1.165, 1.54) is 17.7 Å². The number of likely N-dealkylation sites (tertiary alicyclic amines) is 1. The van der Waals surface area contributed by atoms with Crippen LogP contribution in [0, 0.1) is 11.6 Å². The Morgan fingerprint density at radius 1 is 0.815 bits per heavy atom.